The summed E-state index contributed by atoms with van der Waals surface area (Å²) >= 11 is 0. The molecule has 0 spiro atoms. The summed E-state index contributed by atoms with van der Waals surface area (Å²) in [5.41, 5.74) is 5.09. The fourth-order valence-electron chi connectivity index (χ4n) is 6.31. The molecule has 0 radical (unpaired) electrons. The van der Waals surface area contributed by atoms with Crippen molar-refractivity contribution in [2.45, 2.75) is 97.5 Å². The van der Waals surface area contributed by atoms with Gasteiger partial charge in [-0.2, -0.15) is 0 Å². The van der Waals surface area contributed by atoms with Gasteiger partial charge in [0.1, 0.15) is 25.1 Å². The predicted octanol–water partition coefficient (Wildman–Crippen LogP) is 7.80. The van der Waals surface area contributed by atoms with Crippen LogP contribution in [0.5, 0.6) is 11.6 Å². The molecule has 5 rings (SSSR count). The first kappa shape index (κ1) is 41.4. The molecule has 11 nitrogen and oxygen atoms in total. The maximum Gasteiger partial charge on any atom is 0.326 e. The van der Waals surface area contributed by atoms with Crippen molar-refractivity contribution in [2.24, 2.45) is 5.92 Å². The Labute approximate surface area is 327 Å². The summed E-state index contributed by atoms with van der Waals surface area (Å²) in [6, 6.07) is 21.3. The normalized spacial score (nSPS) is 14.3. The summed E-state index contributed by atoms with van der Waals surface area (Å²) < 4.78 is 18.1. The van der Waals surface area contributed by atoms with Crippen molar-refractivity contribution in [3.63, 3.8) is 0 Å². The number of rotatable bonds is 17. The number of carboxylic acid groups (broad SMARTS) is 1. The zero-order chi connectivity index (χ0) is 39.6. The van der Waals surface area contributed by atoms with Gasteiger partial charge < -0.3 is 29.2 Å². The van der Waals surface area contributed by atoms with Crippen molar-refractivity contribution in [1.29, 1.82) is 0 Å². The molecular weight excluding hydrogens is 711 g/mol. The molecular formula is C43H57N5O6Si. The summed E-state index contributed by atoms with van der Waals surface area (Å²) in [5, 5.41) is 12.4. The number of pyridine rings is 1. The van der Waals surface area contributed by atoms with Gasteiger partial charge in [-0.15, -0.1) is 0 Å². The summed E-state index contributed by atoms with van der Waals surface area (Å²) in [5.74, 6) is 0.105. The van der Waals surface area contributed by atoms with E-state index in [2.05, 4.69) is 84.4 Å². The van der Waals surface area contributed by atoms with Gasteiger partial charge in [0.15, 0.2) is 19.8 Å². The van der Waals surface area contributed by atoms with Crippen LogP contribution in [0.4, 0.5) is 5.69 Å². The Hall–Kier alpha value is -4.81. The SMILES string of the molecule is CCC(NC(=O)c1nc(CC2CCN(c3ccc(Cc4ccc(OCCO[Si](C)(C)C(C)(C)C)nc4)cc3)CC2)nc(C)c1OCc1ccccc1)C(=O)O. The molecule has 3 heterocycles. The molecule has 2 N–H and O–H groups in total. The van der Waals surface area contributed by atoms with Crippen molar-refractivity contribution in [3.05, 3.63) is 107 Å². The Kier molecular flexibility index (Phi) is 14.0. The first-order chi connectivity index (χ1) is 26.2. The zero-order valence-electron chi connectivity index (χ0n) is 33.4. The minimum Gasteiger partial charge on any atom is -0.485 e. The molecule has 4 aromatic rings. The number of aryl methyl sites for hydroxylation is 1. The lowest BCUT2D eigenvalue weighted by molar-refractivity contribution is -0.139. The minimum absolute atomic E-state index is 0.0679. The third kappa shape index (κ3) is 11.6. The van der Waals surface area contributed by atoms with Crippen molar-refractivity contribution in [3.8, 4) is 11.6 Å². The Morgan fingerprint density at radius 3 is 2.24 bits per heavy atom. The maximum atomic E-state index is 13.4. The number of carboxylic acids is 1. The number of aliphatic carboxylic acids is 1. The number of anilines is 1. The van der Waals surface area contributed by atoms with Crippen LogP contribution in [-0.2, 0) is 28.7 Å². The van der Waals surface area contributed by atoms with Crippen molar-refractivity contribution in [2.75, 3.05) is 31.2 Å². The van der Waals surface area contributed by atoms with E-state index in [1.807, 2.05) is 42.6 Å². The number of nitrogens with one attached hydrogen (secondary N) is 1. The predicted molar refractivity (Wildman–Crippen MR) is 217 cm³/mol. The molecule has 1 amide bonds. The number of hydrogen-bond acceptors (Lipinski definition) is 9. The van der Waals surface area contributed by atoms with Crippen molar-refractivity contribution < 1.29 is 28.6 Å². The van der Waals surface area contributed by atoms with Gasteiger partial charge in [0.2, 0.25) is 5.88 Å². The largest absolute Gasteiger partial charge is 0.485 e. The van der Waals surface area contributed by atoms with Gasteiger partial charge in [-0.05, 0) is 85.5 Å². The lowest BCUT2D eigenvalue weighted by atomic mass is 9.92. The number of nitrogens with zero attached hydrogens (tertiary/aromatic N) is 4. The number of benzene rings is 2. The van der Waals surface area contributed by atoms with Crippen LogP contribution >= 0.6 is 0 Å². The lowest BCUT2D eigenvalue weighted by Crippen LogP contribution is -2.41. The number of aromatic nitrogens is 3. The van der Waals surface area contributed by atoms with Gasteiger partial charge in [0, 0.05) is 37.5 Å². The number of piperidine rings is 1. The average Bonchev–Trinajstić information content (AvgIpc) is 3.16. The quantitative estimate of drug-likeness (QED) is 0.0809. The minimum atomic E-state index is -1.79. The maximum absolute atomic E-state index is 13.4. The Morgan fingerprint density at radius 2 is 1.62 bits per heavy atom. The first-order valence-electron chi connectivity index (χ1n) is 19.4. The highest BCUT2D eigenvalue weighted by Gasteiger charge is 2.37. The van der Waals surface area contributed by atoms with Gasteiger partial charge >= 0.3 is 5.97 Å². The monoisotopic (exact) mass is 767 g/mol. The molecule has 0 aliphatic carbocycles. The standard InChI is InChI=1S/C43H57N5O6Si/c1-8-36(42(50)51)46-41(49)39-40(53-29-33-12-10-9-11-13-33)30(2)45-37(47-39)27-32-20-22-48(23-21-32)35-17-14-31(15-18-35)26-34-16-19-38(44-28-34)52-24-25-54-55(6,7)43(3,4)5/h9-19,28,32,36H,8,20-27,29H2,1-7H3,(H,46,49)(H,50,51). The topological polar surface area (TPSA) is 136 Å². The van der Waals surface area contributed by atoms with Crippen LogP contribution in [0.2, 0.25) is 18.1 Å². The number of carbonyl (C=O) groups is 2. The number of hydrogen-bond donors (Lipinski definition) is 2. The van der Waals surface area contributed by atoms with E-state index in [1.165, 1.54) is 11.3 Å². The van der Waals surface area contributed by atoms with E-state index in [1.54, 1.807) is 13.8 Å². The second-order valence-electron chi connectivity index (χ2n) is 15.9. The number of carbonyl (C=O) groups excluding carboxylic acids is 1. The smallest absolute Gasteiger partial charge is 0.326 e. The second-order valence-corrected chi connectivity index (χ2v) is 20.7. The second kappa shape index (κ2) is 18.7. The molecule has 1 aliphatic rings. The molecule has 1 saturated heterocycles. The Balaban J connectivity index is 1.14. The van der Waals surface area contributed by atoms with Gasteiger partial charge in [-0.25, -0.2) is 19.7 Å². The van der Waals surface area contributed by atoms with Crippen molar-refractivity contribution >= 4 is 25.9 Å². The van der Waals surface area contributed by atoms with E-state index in [0.717, 1.165) is 43.5 Å². The van der Waals surface area contributed by atoms with Crippen LogP contribution in [0.15, 0.2) is 72.9 Å². The first-order valence-corrected chi connectivity index (χ1v) is 22.3. The fraction of sp³-hybridized carbons (Fsp3) is 0.465. The summed E-state index contributed by atoms with van der Waals surface area (Å²) in [4.78, 5) is 41.5. The molecule has 294 valence electrons. The molecule has 12 heteroatoms. The van der Waals surface area contributed by atoms with Gasteiger partial charge in [0.25, 0.3) is 5.91 Å². The zero-order valence-corrected chi connectivity index (χ0v) is 34.4. The van der Waals surface area contributed by atoms with E-state index >= 15 is 0 Å². The molecule has 1 unspecified atom stereocenters. The average molecular weight is 768 g/mol. The summed E-state index contributed by atoms with van der Waals surface area (Å²) in [6.07, 6.45) is 5.44. The van der Waals surface area contributed by atoms with E-state index in [4.69, 9.17) is 18.9 Å². The third-order valence-electron chi connectivity index (χ3n) is 10.7. The van der Waals surface area contributed by atoms with E-state index in [9.17, 15) is 14.7 Å². The Morgan fingerprint density at radius 1 is 0.927 bits per heavy atom. The van der Waals surface area contributed by atoms with Crippen LogP contribution in [0.1, 0.15) is 85.7 Å². The molecule has 55 heavy (non-hydrogen) atoms. The van der Waals surface area contributed by atoms with Crippen LogP contribution in [0.3, 0.4) is 0 Å². The van der Waals surface area contributed by atoms with Gasteiger partial charge in [-0.1, -0.05) is 76.2 Å². The van der Waals surface area contributed by atoms with E-state index < -0.39 is 26.2 Å². The van der Waals surface area contributed by atoms with Crippen LogP contribution in [-0.4, -0.2) is 72.6 Å². The molecule has 1 aliphatic heterocycles. The lowest BCUT2D eigenvalue weighted by Gasteiger charge is -2.36. The van der Waals surface area contributed by atoms with Crippen LogP contribution in [0, 0.1) is 12.8 Å². The van der Waals surface area contributed by atoms with E-state index in [-0.39, 0.29) is 29.5 Å². The molecule has 1 fully saturated rings. The highest BCUT2D eigenvalue weighted by molar-refractivity contribution is 6.74. The van der Waals surface area contributed by atoms with Gasteiger partial charge in [0.05, 0.1) is 12.3 Å². The van der Waals surface area contributed by atoms with E-state index in [0.29, 0.717) is 43.0 Å². The highest BCUT2D eigenvalue weighted by Crippen LogP contribution is 2.36. The third-order valence-corrected chi connectivity index (χ3v) is 15.3. The van der Waals surface area contributed by atoms with Crippen LogP contribution < -0.4 is 19.7 Å². The van der Waals surface area contributed by atoms with Gasteiger partial charge in [-0.3, -0.25) is 4.79 Å². The molecule has 1 atom stereocenters. The highest BCUT2D eigenvalue weighted by atomic mass is 28.4. The summed E-state index contributed by atoms with van der Waals surface area (Å²) in [7, 11) is -1.79. The fourth-order valence-corrected chi connectivity index (χ4v) is 7.33. The van der Waals surface area contributed by atoms with Crippen LogP contribution in [0.25, 0.3) is 0 Å². The molecule has 0 bridgehead atoms. The summed E-state index contributed by atoms with van der Waals surface area (Å²) in [6.45, 7) is 17.8. The number of amides is 1. The molecule has 2 aromatic heterocycles. The number of ether oxygens (including phenoxy) is 2. The Bertz CT molecular complexity index is 1860. The molecule has 0 saturated carbocycles. The molecule has 2 aromatic carbocycles. The van der Waals surface area contributed by atoms with Crippen molar-refractivity contribution in [1.82, 2.24) is 20.3 Å².